The Balaban J connectivity index is 2.45. The van der Waals surface area contributed by atoms with E-state index in [1.54, 1.807) is 0 Å². The molecule has 1 fully saturated rings. The quantitative estimate of drug-likeness (QED) is 0.546. The molecule has 0 aliphatic carbocycles. The SMILES string of the molecule is C=C(C)C/C=C/C1CCC(=O)NC1=O. The molecule has 1 aliphatic heterocycles. The van der Waals surface area contributed by atoms with Crippen LogP contribution >= 0.6 is 0 Å². The van der Waals surface area contributed by atoms with Crippen molar-refractivity contribution in [2.24, 2.45) is 5.92 Å². The molecule has 3 nitrogen and oxygen atoms in total. The summed E-state index contributed by atoms with van der Waals surface area (Å²) >= 11 is 0. The van der Waals surface area contributed by atoms with Gasteiger partial charge in [0.25, 0.3) is 0 Å². The summed E-state index contributed by atoms with van der Waals surface area (Å²) in [6.45, 7) is 5.70. The highest BCUT2D eigenvalue weighted by Crippen LogP contribution is 2.14. The molecular weight excluding hydrogens is 178 g/mol. The van der Waals surface area contributed by atoms with Gasteiger partial charge in [0.2, 0.25) is 11.8 Å². The smallest absolute Gasteiger partial charge is 0.233 e. The first-order valence-corrected chi connectivity index (χ1v) is 4.74. The highest BCUT2D eigenvalue weighted by molar-refractivity contribution is 5.99. The minimum atomic E-state index is -0.181. The molecule has 3 heteroatoms. The molecule has 0 aromatic rings. The molecule has 0 radical (unpaired) electrons. The number of imide groups is 1. The number of rotatable bonds is 3. The Morgan fingerprint density at radius 1 is 1.64 bits per heavy atom. The van der Waals surface area contributed by atoms with Crippen molar-refractivity contribution in [3.63, 3.8) is 0 Å². The number of carbonyl (C=O) groups excluding carboxylic acids is 2. The Morgan fingerprint density at radius 3 is 2.93 bits per heavy atom. The van der Waals surface area contributed by atoms with Gasteiger partial charge in [-0.3, -0.25) is 14.9 Å². The summed E-state index contributed by atoms with van der Waals surface area (Å²) in [5.74, 6) is -0.495. The topological polar surface area (TPSA) is 46.2 Å². The molecule has 76 valence electrons. The van der Waals surface area contributed by atoms with Gasteiger partial charge in [0.1, 0.15) is 0 Å². The molecule has 1 atom stereocenters. The molecule has 1 aliphatic rings. The maximum atomic E-state index is 11.3. The average Bonchev–Trinajstić information content (AvgIpc) is 2.08. The van der Waals surface area contributed by atoms with E-state index in [2.05, 4.69) is 11.9 Å². The molecule has 0 bridgehead atoms. The van der Waals surface area contributed by atoms with Crippen LogP contribution in [0.25, 0.3) is 0 Å². The summed E-state index contributed by atoms with van der Waals surface area (Å²) < 4.78 is 0. The number of allylic oxidation sites excluding steroid dienone is 2. The summed E-state index contributed by atoms with van der Waals surface area (Å²) in [5, 5.41) is 2.32. The lowest BCUT2D eigenvalue weighted by molar-refractivity contribution is -0.135. The predicted octanol–water partition coefficient (Wildman–Crippen LogP) is 1.56. The van der Waals surface area contributed by atoms with E-state index in [0.717, 1.165) is 12.0 Å². The molecule has 0 spiro atoms. The first kappa shape index (κ1) is 10.7. The molecular formula is C11H15NO2. The lowest BCUT2D eigenvalue weighted by Crippen LogP contribution is -2.39. The second kappa shape index (κ2) is 4.74. The van der Waals surface area contributed by atoms with Crippen molar-refractivity contribution in [2.75, 3.05) is 0 Å². The van der Waals surface area contributed by atoms with E-state index in [1.165, 1.54) is 0 Å². The maximum absolute atomic E-state index is 11.3. The second-order valence-corrected chi connectivity index (χ2v) is 3.65. The van der Waals surface area contributed by atoms with Gasteiger partial charge in [0, 0.05) is 6.42 Å². The average molecular weight is 193 g/mol. The molecule has 1 saturated heterocycles. The molecule has 0 aromatic carbocycles. The normalized spacial score (nSPS) is 22.5. The van der Waals surface area contributed by atoms with Crippen LogP contribution in [0.5, 0.6) is 0 Å². The minimum absolute atomic E-state index is 0.146. The molecule has 1 unspecified atom stereocenters. The Hall–Kier alpha value is -1.38. The first-order valence-electron chi connectivity index (χ1n) is 4.74. The third-order valence-corrected chi connectivity index (χ3v) is 2.12. The van der Waals surface area contributed by atoms with Crippen LogP contribution in [0.1, 0.15) is 26.2 Å². The number of carbonyl (C=O) groups is 2. The van der Waals surface area contributed by atoms with Crippen LogP contribution in [0.4, 0.5) is 0 Å². The van der Waals surface area contributed by atoms with Crippen LogP contribution in [-0.4, -0.2) is 11.8 Å². The maximum Gasteiger partial charge on any atom is 0.233 e. The predicted molar refractivity (Wildman–Crippen MR) is 54.4 cm³/mol. The minimum Gasteiger partial charge on any atom is -0.296 e. The number of hydrogen-bond acceptors (Lipinski definition) is 2. The molecule has 0 saturated carbocycles. The van der Waals surface area contributed by atoms with Crippen LogP contribution in [0.2, 0.25) is 0 Å². The number of piperidine rings is 1. The van der Waals surface area contributed by atoms with E-state index >= 15 is 0 Å². The molecule has 1 N–H and O–H groups in total. The molecule has 1 rings (SSSR count). The highest BCUT2D eigenvalue weighted by atomic mass is 16.2. The van der Waals surface area contributed by atoms with Crippen molar-refractivity contribution in [1.29, 1.82) is 0 Å². The van der Waals surface area contributed by atoms with Gasteiger partial charge in [-0.2, -0.15) is 0 Å². The monoisotopic (exact) mass is 193 g/mol. The molecule has 2 amide bonds. The van der Waals surface area contributed by atoms with Crippen LogP contribution in [0.15, 0.2) is 24.3 Å². The van der Waals surface area contributed by atoms with Crippen LogP contribution in [-0.2, 0) is 9.59 Å². The van der Waals surface area contributed by atoms with E-state index in [9.17, 15) is 9.59 Å². The van der Waals surface area contributed by atoms with Gasteiger partial charge in [-0.05, 0) is 19.8 Å². The van der Waals surface area contributed by atoms with Gasteiger partial charge in [0.05, 0.1) is 5.92 Å². The van der Waals surface area contributed by atoms with Gasteiger partial charge >= 0.3 is 0 Å². The molecule has 1 heterocycles. The van der Waals surface area contributed by atoms with E-state index < -0.39 is 0 Å². The first-order chi connectivity index (χ1) is 6.59. The highest BCUT2D eigenvalue weighted by Gasteiger charge is 2.23. The van der Waals surface area contributed by atoms with Gasteiger partial charge < -0.3 is 0 Å². The van der Waals surface area contributed by atoms with Crippen molar-refractivity contribution in [3.8, 4) is 0 Å². The largest absolute Gasteiger partial charge is 0.296 e. The summed E-state index contributed by atoms with van der Waals surface area (Å²) in [4.78, 5) is 22.1. The van der Waals surface area contributed by atoms with Crippen LogP contribution < -0.4 is 5.32 Å². The van der Waals surface area contributed by atoms with Gasteiger partial charge in [-0.1, -0.05) is 24.3 Å². The number of nitrogens with one attached hydrogen (secondary N) is 1. The zero-order chi connectivity index (χ0) is 10.6. The standard InChI is InChI=1S/C11H15NO2/c1-8(2)4-3-5-9-6-7-10(13)12-11(9)14/h3,5,9H,1,4,6-7H2,2H3,(H,12,13,14)/b5-3+. The lowest BCUT2D eigenvalue weighted by atomic mass is 9.97. The van der Waals surface area contributed by atoms with E-state index in [1.807, 2.05) is 19.1 Å². The summed E-state index contributed by atoms with van der Waals surface area (Å²) in [6, 6.07) is 0. The molecule has 0 aromatic heterocycles. The summed E-state index contributed by atoms with van der Waals surface area (Å²) in [6.07, 6.45) is 5.64. The van der Waals surface area contributed by atoms with Crippen molar-refractivity contribution < 1.29 is 9.59 Å². The van der Waals surface area contributed by atoms with Gasteiger partial charge in [-0.25, -0.2) is 0 Å². The van der Waals surface area contributed by atoms with Crippen LogP contribution in [0.3, 0.4) is 0 Å². The van der Waals surface area contributed by atoms with Gasteiger partial charge in [-0.15, -0.1) is 0 Å². The fourth-order valence-corrected chi connectivity index (χ4v) is 1.33. The fourth-order valence-electron chi connectivity index (χ4n) is 1.33. The van der Waals surface area contributed by atoms with Crippen molar-refractivity contribution in [1.82, 2.24) is 5.32 Å². The third kappa shape index (κ3) is 3.17. The number of hydrogen-bond donors (Lipinski definition) is 1. The van der Waals surface area contributed by atoms with E-state index in [-0.39, 0.29) is 17.7 Å². The summed E-state index contributed by atoms with van der Waals surface area (Å²) in [7, 11) is 0. The molecule has 14 heavy (non-hydrogen) atoms. The van der Waals surface area contributed by atoms with Crippen molar-refractivity contribution >= 4 is 11.8 Å². The fraction of sp³-hybridized carbons (Fsp3) is 0.455. The number of amides is 2. The van der Waals surface area contributed by atoms with E-state index in [0.29, 0.717) is 12.8 Å². The zero-order valence-corrected chi connectivity index (χ0v) is 8.38. The summed E-state index contributed by atoms with van der Waals surface area (Å²) in [5.41, 5.74) is 1.06. The zero-order valence-electron chi connectivity index (χ0n) is 8.38. The Bertz CT molecular complexity index is 292. The second-order valence-electron chi connectivity index (χ2n) is 3.65. The Morgan fingerprint density at radius 2 is 2.36 bits per heavy atom. The lowest BCUT2D eigenvalue weighted by Gasteiger charge is -2.17. The van der Waals surface area contributed by atoms with E-state index in [4.69, 9.17) is 0 Å². The van der Waals surface area contributed by atoms with Crippen molar-refractivity contribution in [3.05, 3.63) is 24.3 Å². The third-order valence-electron chi connectivity index (χ3n) is 2.12. The Labute approximate surface area is 83.9 Å². The van der Waals surface area contributed by atoms with Crippen LogP contribution in [0, 0.1) is 5.92 Å². The van der Waals surface area contributed by atoms with Gasteiger partial charge in [0.15, 0.2) is 0 Å². The van der Waals surface area contributed by atoms with Crippen molar-refractivity contribution in [2.45, 2.75) is 26.2 Å². The Kier molecular flexibility index (Phi) is 3.63.